The minimum Gasteiger partial charge on any atom is -0.480 e. The minimum absolute atomic E-state index is 0.0379. The van der Waals surface area contributed by atoms with Crippen LogP contribution in [0.3, 0.4) is 0 Å². The lowest BCUT2D eigenvalue weighted by Gasteiger charge is -2.19. The first kappa shape index (κ1) is 12.9. The highest BCUT2D eigenvalue weighted by Gasteiger charge is 2.15. The number of carbonyl (C=O) groups is 2. The van der Waals surface area contributed by atoms with Crippen LogP contribution >= 0.6 is 0 Å². The van der Waals surface area contributed by atoms with E-state index in [2.05, 4.69) is 0 Å². The summed E-state index contributed by atoms with van der Waals surface area (Å²) in [6.07, 6.45) is 0.741. The molecule has 1 N–H and O–H groups in total. The maximum atomic E-state index is 11.4. The molecule has 0 atom stereocenters. The molecule has 0 rings (SSSR count). The van der Waals surface area contributed by atoms with Crippen LogP contribution in [0.15, 0.2) is 0 Å². The van der Waals surface area contributed by atoms with Crippen molar-refractivity contribution in [1.82, 2.24) is 4.90 Å². The van der Waals surface area contributed by atoms with Gasteiger partial charge < -0.3 is 14.7 Å². The Labute approximate surface area is 83.6 Å². The first-order valence-corrected chi connectivity index (χ1v) is 4.69. The lowest BCUT2D eigenvalue weighted by Crippen LogP contribution is -2.38. The van der Waals surface area contributed by atoms with Gasteiger partial charge in [-0.05, 0) is 13.3 Å². The third-order valence-corrected chi connectivity index (χ3v) is 1.60. The van der Waals surface area contributed by atoms with Crippen LogP contribution < -0.4 is 0 Å². The Morgan fingerprint density at radius 1 is 1.36 bits per heavy atom. The van der Waals surface area contributed by atoms with Crippen LogP contribution in [0.2, 0.25) is 0 Å². The van der Waals surface area contributed by atoms with Crippen molar-refractivity contribution in [3.63, 3.8) is 0 Å². The van der Waals surface area contributed by atoms with Gasteiger partial charge in [0.1, 0.15) is 13.2 Å². The Bertz CT molecular complexity index is 193. The summed E-state index contributed by atoms with van der Waals surface area (Å²) in [5.41, 5.74) is 0. The Morgan fingerprint density at radius 2 is 2.00 bits per heavy atom. The van der Waals surface area contributed by atoms with Gasteiger partial charge in [0, 0.05) is 13.2 Å². The summed E-state index contributed by atoms with van der Waals surface area (Å²) >= 11 is 0. The van der Waals surface area contributed by atoms with Crippen molar-refractivity contribution < 1.29 is 19.4 Å². The number of hydrogen-bond acceptors (Lipinski definition) is 3. The molecule has 5 heteroatoms. The predicted octanol–water partition coefficient (Wildman–Crippen LogP) is 0.346. The first-order valence-electron chi connectivity index (χ1n) is 4.69. The number of carboxylic acid groups (broad SMARTS) is 1. The largest absolute Gasteiger partial charge is 0.480 e. The van der Waals surface area contributed by atoms with E-state index in [1.807, 2.05) is 6.92 Å². The van der Waals surface area contributed by atoms with Gasteiger partial charge in [-0.1, -0.05) is 6.92 Å². The molecule has 0 bridgehead atoms. The molecular formula is C9H17NO4. The van der Waals surface area contributed by atoms with Gasteiger partial charge >= 0.3 is 5.97 Å². The standard InChI is InChI=1S/C9H17NO4/c1-3-5-10(6-9(12)13)8(11)7-14-4-2/h3-7H2,1-2H3,(H,12,13). The van der Waals surface area contributed by atoms with Crippen LogP contribution in [0.25, 0.3) is 0 Å². The second-order valence-electron chi connectivity index (χ2n) is 2.85. The molecule has 0 aromatic carbocycles. The van der Waals surface area contributed by atoms with E-state index in [0.29, 0.717) is 13.2 Å². The Morgan fingerprint density at radius 3 is 2.43 bits per heavy atom. The number of rotatable bonds is 7. The fraction of sp³-hybridized carbons (Fsp3) is 0.778. The molecule has 1 amide bonds. The molecule has 0 aliphatic carbocycles. The molecule has 0 heterocycles. The lowest BCUT2D eigenvalue weighted by molar-refractivity contribution is -0.146. The monoisotopic (exact) mass is 203 g/mol. The van der Waals surface area contributed by atoms with Crippen LogP contribution in [0.4, 0.5) is 0 Å². The van der Waals surface area contributed by atoms with E-state index in [9.17, 15) is 9.59 Å². The summed E-state index contributed by atoms with van der Waals surface area (Å²) in [5, 5.41) is 8.55. The van der Waals surface area contributed by atoms with Gasteiger partial charge in [0.25, 0.3) is 0 Å². The number of hydrogen-bond donors (Lipinski definition) is 1. The fourth-order valence-electron chi connectivity index (χ4n) is 1.01. The second kappa shape index (κ2) is 7.32. The van der Waals surface area contributed by atoms with Crippen molar-refractivity contribution in [2.75, 3.05) is 26.3 Å². The smallest absolute Gasteiger partial charge is 0.323 e. The SMILES string of the molecule is CCCN(CC(=O)O)C(=O)COCC. The number of carboxylic acids is 1. The molecule has 0 saturated carbocycles. The van der Waals surface area contributed by atoms with Crippen LogP contribution in [-0.2, 0) is 14.3 Å². The van der Waals surface area contributed by atoms with E-state index in [-0.39, 0.29) is 19.1 Å². The number of carbonyl (C=O) groups excluding carboxylic acids is 1. The molecule has 14 heavy (non-hydrogen) atoms. The van der Waals surface area contributed by atoms with Gasteiger partial charge in [-0.15, -0.1) is 0 Å². The van der Waals surface area contributed by atoms with Crippen molar-refractivity contribution >= 4 is 11.9 Å². The van der Waals surface area contributed by atoms with Gasteiger partial charge in [-0.2, -0.15) is 0 Å². The van der Waals surface area contributed by atoms with Gasteiger partial charge in [-0.25, -0.2) is 0 Å². The van der Waals surface area contributed by atoms with E-state index in [1.54, 1.807) is 6.92 Å². The highest BCUT2D eigenvalue weighted by atomic mass is 16.5. The van der Waals surface area contributed by atoms with Gasteiger partial charge in [-0.3, -0.25) is 9.59 Å². The number of ether oxygens (including phenoxy) is 1. The van der Waals surface area contributed by atoms with Crippen LogP contribution in [0, 0.1) is 0 Å². The quantitative estimate of drug-likeness (QED) is 0.648. The predicted molar refractivity (Wildman–Crippen MR) is 51.0 cm³/mol. The average Bonchev–Trinajstić information content (AvgIpc) is 2.13. The van der Waals surface area contributed by atoms with E-state index in [0.717, 1.165) is 6.42 Å². The van der Waals surface area contributed by atoms with Crippen molar-refractivity contribution in [3.8, 4) is 0 Å². The minimum atomic E-state index is -0.997. The van der Waals surface area contributed by atoms with E-state index in [1.165, 1.54) is 4.90 Å². The summed E-state index contributed by atoms with van der Waals surface area (Å²) in [4.78, 5) is 23.1. The summed E-state index contributed by atoms with van der Waals surface area (Å²) in [5.74, 6) is -1.26. The molecule has 5 nitrogen and oxygen atoms in total. The fourth-order valence-corrected chi connectivity index (χ4v) is 1.01. The van der Waals surface area contributed by atoms with Gasteiger partial charge in [0.2, 0.25) is 5.91 Å². The summed E-state index contributed by atoms with van der Waals surface area (Å²) in [7, 11) is 0. The zero-order valence-corrected chi connectivity index (χ0v) is 8.65. The molecule has 82 valence electrons. The van der Waals surface area contributed by atoms with E-state index >= 15 is 0 Å². The lowest BCUT2D eigenvalue weighted by atomic mass is 10.4. The highest BCUT2D eigenvalue weighted by Crippen LogP contribution is 1.93. The zero-order chi connectivity index (χ0) is 11.0. The van der Waals surface area contributed by atoms with Gasteiger partial charge in [0.15, 0.2) is 0 Å². The number of nitrogens with zero attached hydrogens (tertiary/aromatic N) is 1. The third kappa shape index (κ3) is 5.53. The molecule has 0 aliphatic rings. The van der Waals surface area contributed by atoms with Crippen LogP contribution in [0.1, 0.15) is 20.3 Å². The maximum absolute atomic E-state index is 11.4. The Balaban J connectivity index is 4.03. The Kier molecular flexibility index (Phi) is 6.74. The topological polar surface area (TPSA) is 66.8 Å². The second-order valence-corrected chi connectivity index (χ2v) is 2.85. The molecule has 0 aliphatic heterocycles. The molecule has 0 unspecified atom stereocenters. The Hall–Kier alpha value is -1.10. The molecule has 0 radical (unpaired) electrons. The maximum Gasteiger partial charge on any atom is 0.323 e. The van der Waals surface area contributed by atoms with Crippen molar-refractivity contribution in [2.45, 2.75) is 20.3 Å². The number of amides is 1. The van der Waals surface area contributed by atoms with Crippen molar-refractivity contribution in [1.29, 1.82) is 0 Å². The van der Waals surface area contributed by atoms with Gasteiger partial charge in [0.05, 0.1) is 0 Å². The first-order chi connectivity index (χ1) is 6.61. The highest BCUT2D eigenvalue weighted by molar-refractivity contribution is 5.82. The molecule has 0 spiro atoms. The normalized spacial score (nSPS) is 9.86. The molecular weight excluding hydrogens is 186 g/mol. The molecule has 0 aromatic rings. The third-order valence-electron chi connectivity index (χ3n) is 1.60. The molecule has 0 saturated heterocycles. The number of aliphatic carboxylic acids is 1. The average molecular weight is 203 g/mol. The zero-order valence-electron chi connectivity index (χ0n) is 8.65. The summed E-state index contributed by atoms with van der Waals surface area (Å²) in [6, 6.07) is 0. The van der Waals surface area contributed by atoms with Crippen LogP contribution in [0.5, 0.6) is 0 Å². The molecule has 0 fully saturated rings. The van der Waals surface area contributed by atoms with Crippen molar-refractivity contribution in [3.05, 3.63) is 0 Å². The summed E-state index contributed by atoms with van der Waals surface area (Å²) < 4.78 is 4.92. The summed E-state index contributed by atoms with van der Waals surface area (Å²) in [6.45, 7) is 4.30. The van der Waals surface area contributed by atoms with Crippen LogP contribution in [-0.4, -0.2) is 48.2 Å². The molecule has 0 aromatic heterocycles. The van der Waals surface area contributed by atoms with E-state index < -0.39 is 5.97 Å². The van der Waals surface area contributed by atoms with E-state index in [4.69, 9.17) is 9.84 Å². The van der Waals surface area contributed by atoms with Crippen molar-refractivity contribution in [2.24, 2.45) is 0 Å².